The first-order valence-electron chi connectivity index (χ1n) is 7.09. The molecule has 1 atom stereocenters. The molecule has 0 spiro atoms. The summed E-state index contributed by atoms with van der Waals surface area (Å²) in [5.74, 6) is -1.59. The SMILES string of the molecule is CC1(C(=O)Nc2cc(C(=O)O)cc(S(C)(=O)=O)c2)CCCOC1. The second-order valence-corrected chi connectivity index (χ2v) is 8.01. The van der Waals surface area contributed by atoms with Crippen molar-refractivity contribution in [2.45, 2.75) is 24.7 Å². The van der Waals surface area contributed by atoms with Crippen molar-refractivity contribution in [3.63, 3.8) is 0 Å². The summed E-state index contributed by atoms with van der Waals surface area (Å²) in [6, 6.07) is 3.56. The number of anilines is 1. The predicted molar refractivity (Wildman–Crippen MR) is 83.3 cm³/mol. The number of hydrogen-bond donors (Lipinski definition) is 2. The molecule has 1 aliphatic rings. The maximum absolute atomic E-state index is 12.4. The molecule has 126 valence electrons. The van der Waals surface area contributed by atoms with Crippen LogP contribution in [0.2, 0.25) is 0 Å². The Bertz CT molecular complexity index is 734. The third-order valence-electron chi connectivity index (χ3n) is 3.83. The zero-order chi connectivity index (χ0) is 17.3. The largest absolute Gasteiger partial charge is 0.478 e. The molecule has 2 rings (SSSR count). The van der Waals surface area contributed by atoms with E-state index in [4.69, 9.17) is 9.84 Å². The van der Waals surface area contributed by atoms with E-state index in [0.717, 1.165) is 18.7 Å². The lowest BCUT2D eigenvalue weighted by atomic mass is 9.84. The zero-order valence-corrected chi connectivity index (χ0v) is 13.8. The summed E-state index contributed by atoms with van der Waals surface area (Å²) in [5.41, 5.74) is -0.779. The molecule has 1 amide bonds. The molecule has 0 bridgehead atoms. The Hall–Kier alpha value is -1.93. The van der Waals surface area contributed by atoms with E-state index in [1.807, 2.05) is 0 Å². The Morgan fingerprint density at radius 3 is 2.52 bits per heavy atom. The molecule has 1 fully saturated rings. The Kier molecular flexibility index (Phi) is 4.76. The van der Waals surface area contributed by atoms with Crippen LogP contribution in [-0.4, -0.2) is 44.9 Å². The van der Waals surface area contributed by atoms with Gasteiger partial charge in [0.15, 0.2) is 9.84 Å². The van der Waals surface area contributed by atoms with Gasteiger partial charge in [-0.25, -0.2) is 13.2 Å². The second kappa shape index (κ2) is 6.29. The molecule has 0 radical (unpaired) electrons. The zero-order valence-electron chi connectivity index (χ0n) is 13.0. The fourth-order valence-corrected chi connectivity index (χ4v) is 3.09. The Morgan fingerprint density at radius 2 is 2.00 bits per heavy atom. The van der Waals surface area contributed by atoms with Crippen LogP contribution in [0.15, 0.2) is 23.1 Å². The van der Waals surface area contributed by atoms with E-state index in [1.54, 1.807) is 6.92 Å². The summed E-state index contributed by atoms with van der Waals surface area (Å²) in [4.78, 5) is 23.4. The first kappa shape index (κ1) is 17.4. The highest BCUT2D eigenvalue weighted by molar-refractivity contribution is 7.90. The average Bonchev–Trinajstić information content (AvgIpc) is 2.46. The Balaban J connectivity index is 2.33. The molecular weight excluding hydrogens is 322 g/mol. The summed E-state index contributed by atoms with van der Waals surface area (Å²) >= 11 is 0. The van der Waals surface area contributed by atoms with E-state index < -0.39 is 21.2 Å². The van der Waals surface area contributed by atoms with Gasteiger partial charge in [0, 0.05) is 18.6 Å². The summed E-state index contributed by atoms with van der Waals surface area (Å²) in [6.07, 6.45) is 2.39. The van der Waals surface area contributed by atoms with E-state index >= 15 is 0 Å². The molecule has 1 aliphatic heterocycles. The van der Waals surface area contributed by atoms with Crippen molar-refractivity contribution in [1.82, 2.24) is 0 Å². The van der Waals surface area contributed by atoms with Gasteiger partial charge in [0.25, 0.3) is 0 Å². The summed E-state index contributed by atoms with van der Waals surface area (Å²) in [7, 11) is -3.60. The minimum Gasteiger partial charge on any atom is -0.478 e. The number of sulfone groups is 1. The van der Waals surface area contributed by atoms with Crippen LogP contribution >= 0.6 is 0 Å². The topological polar surface area (TPSA) is 110 Å². The van der Waals surface area contributed by atoms with E-state index in [2.05, 4.69) is 5.32 Å². The molecule has 1 unspecified atom stereocenters. The van der Waals surface area contributed by atoms with Crippen LogP contribution in [0.1, 0.15) is 30.1 Å². The van der Waals surface area contributed by atoms with Crippen molar-refractivity contribution in [1.29, 1.82) is 0 Å². The van der Waals surface area contributed by atoms with Crippen LogP contribution in [0.3, 0.4) is 0 Å². The fraction of sp³-hybridized carbons (Fsp3) is 0.467. The van der Waals surface area contributed by atoms with Crippen LogP contribution in [0.5, 0.6) is 0 Å². The van der Waals surface area contributed by atoms with Crippen molar-refractivity contribution in [3.8, 4) is 0 Å². The first-order chi connectivity index (χ1) is 10.6. The van der Waals surface area contributed by atoms with Gasteiger partial charge in [-0.2, -0.15) is 0 Å². The number of rotatable bonds is 4. The van der Waals surface area contributed by atoms with Gasteiger partial charge >= 0.3 is 5.97 Å². The third-order valence-corrected chi connectivity index (χ3v) is 4.92. The summed E-state index contributed by atoms with van der Waals surface area (Å²) < 4.78 is 28.7. The number of amides is 1. The van der Waals surface area contributed by atoms with E-state index in [0.29, 0.717) is 13.0 Å². The smallest absolute Gasteiger partial charge is 0.335 e. The Labute approximate surface area is 134 Å². The van der Waals surface area contributed by atoms with Gasteiger partial charge in [0.05, 0.1) is 22.5 Å². The molecule has 1 saturated heterocycles. The quantitative estimate of drug-likeness (QED) is 0.860. The monoisotopic (exact) mass is 341 g/mol. The number of carbonyl (C=O) groups is 2. The second-order valence-electron chi connectivity index (χ2n) is 5.99. The molecule has 1 heterocycles. The van der Waals surface area contributed by atoms with E-state index in [-0.39, 0.29) is 28.7 Å². The molecule has 0 aromatic heterocycles. The molecule has 7 nitrogen and oxygen atoms in total. The number of carboxylic acids is 1. The number of nitrogens with one attached hydrogen (secondary N) is 1. The highest BCUT2D eigenvalue weighted by atomic mass is 32.2. The highest BCUT2D eigenvalue weighted by Crippen LogP contribution is 2.30. The van der Waals surface area contributed by atoms with Gasteiger partial charge in [-0.1, -0.05) is 0 Å². The van der Waals surface area contributed by atoms with Gasteiger partial charge in [0.2, 0.25) is 5.91 Å². The number of hydrogen-bond acceptors (Lipinski definition) is 5. The third kappa shape index (κ3) is 4.08. The van der Waals surface area contributed by atoms with Crippen LogP contribution < -0.4 is 5.32 Å². The molecule has 0 saturated carbocycles. The molecular formula is C15H19NO6S. The van der Waals surface area contributed by atoms with Crippen molar-refractivity contribution < 1.29 is 27.9 Å². The molecule has 23 heavy (non-hydrogen) atoms. The number of benzene rings is 1. The maximum atomic E-state index is 12.4. The van der Waals surface area contributed by atoms with Crippen molar-refractivity contribution >= 4 is 27.4 Å². The molecule has 2 N–H and O–H groups in total. The minimum atomic E-state index is -3.60. The molecule has 8 heteroatoms. The summed E-state index contributed by atoms with van der Waals surface area (Å²) in [6.45, 7) is 2.64. The van der Waals surface area contributed by atoms with Crippen molar-refractivity contribution in [2.24, 2.45) is 5.41 Å². The summed E-state index contributed by atoms with van der Waals surface area (Å²) in [5, 5.41) is 11.7. The van der Waals surface area contributed by atoms with Gasteiger partial charge in [-0.3, -0.25) is 4.79 Å². The average molecular weight is 341 g/mol. The first-order valence-corrected chi connectivity index (χ1v) is 8.99. The number of aromatic carboxylic acids is 1. The fourth-order valence-electron chi connectivity index (χ4n) is 2.40. The minimum absolute atomic E-state index is 0.141. The lowest BCUT2D eigenvalue weighted by molar-refractivity contribution is -0.131. The molecule has 1 aromatic rings. The van der Waals surface area contributed by atoms with Gasteiger partial charge < -0.3 is 15.2 Å². The highest BCUT2D eigenvalue weighted by Gasteiger charge is 2.35. The normalized spacial score (nSPS) is 21.7. The van der Waals surface area contributed by atoms with E-state index in [9.17, 15) is 18.0 Å². The number of carbonyl (C=O) groups excluding carboxylic acids is 1. The molecule has 0 aliphatic carbocycles. The van der Waals surface area contributed by atoms with Gasteiger partial charge in [-0.15, -0.1) is 0 Å². The van der Waals surface area contributed by atoms with Crippen molar-refractivity contribution in [2.75, 3.05) is 24.8 Å². The van der Waals surface area contributed by atoms with Crippen LogP contribution in [0, 0.1) is 5.41 Å². The maximum Gasteiger partial charge on any atom is 0.335 e. The van der Waals surface area contributed by atoms with Gasteiger partial charge in [-0.05, 0) is 38.0 Å². The number of ether oxygens (including phenoxy) is 1. The molecule has 1 aromatic carbocycles. The van der Waals surface area contributed by atoms with Crippen LogP contribution in [0.4, 0.5) is 5.69 Å². The van der Waals surface area contributed by atoms with Gasteiger partial charge in [0.1, 0.15) is 0 Å². The van der Waals surface area contributed by atoms with Crippen molar-refractivity contribution in [3.05, 3.63) is 23.8 Å². The Morgan fingerprint density at radius 1 is 1.30 bits per heavy atom. The van der Waals surface area contributed by atoms with E-state index in [1.165, 1.54) is 12.1 Å². The lowest BCUT2D eigenvalue weighted by Gasteiger charge is -2.31. The van der Waals surface area contributed by atoms with Crippen LogP contribution in [-0.2, 0) is 19.4 Å². The lowest BCUT2D eigenvalue weighted by Crippen LogP contribution is -2.40. The van der Waals surface area contributed by atoms with Crippen LogP contribution in [0.25, 0.3) is 0 Å². The standard InChI is InChI=1S/C15H19NO6S/c1-15(4-3-5-22-9-15)14(19)16-11-6-10(13(17)18)7-12(8-11)23(2,20)21/h6-8H,3-5,9H2,1-2H3,(H,16,19)(H,17,18). The number of carboxylic acid groups (broad SMARTS) is 1. The predicted octanol–water partition coefficient (Wildman–Crippen LogP) is 1.54.